The lowest BCUT2D eigenvalue weighted by atomic mass is 9.76. The topological polar surface area (TPSA) is 82.4 Å². The van der Waals surface area contributed by atoms with Gasteiger partial charge in [0.05, 0.1) is 6.07 Å². The molecule has 0 aromatic heterocycles. The van der Waals surface area contributed by atoms with Gasteiger partial charge in [0, 0.05) is 31.8 Å². The quantitative estimate of drug-likeness (QED) is 0.809. The van der Waals surface area contributed by atoms with Gasteiger partial charge in [-0.1, -0.05) is 13.8 Å². The number of rotatable bonds is 3. The highest BCUT2D eigenvalue weighted by atomic mass is 16.6. The Balaban J connectivity index is 1.88. The fraction of sp³-hybridized carbons (Fsp3) is 0.857. The monoisotopic (exact) mass is 377 g/mol. The SMILES string of the molecule is CC(C)C1CCC(C(=O)NC2(C#N)CCN(C(=O)OC(C)(C)C)CC2)CC1. The van der Waals surface area contributed by atoms with Crippen LogP contribution in [0, 0.1) is 29.1 Å². The number of carbonyl (C=O) groups excluding carboxylic acids is 2. The van der Waals surface area contributed by atoms with E-state index in [9.17, 15) is 14.9 Å². The third-order valence-corrected chi connectivity index (χ3v) is 5.93. The number of hydrogen-bond acceptors (Lipinski definition) is 4. The van der Waals surface area contributed by atoms with Gasteiger partial charge in [-0.05, 0) is 58.3 Å². The summed E-state index contributed by atoms with van der Waals surface area (Å²) in [6.07, 6.45) is 4.50. The molecule has 6 nitrogen and oxygen atoms in total. The molecule has 27 heavy (non-hydrogen) atoms. The van der Waals surface area contributed by atoms with Gasteiger partial charge in [-0.25, -0.2) is 4.79 Å². The highest BCUT2D eigenvalue weighted by Crippen LogP contribution is 2.34. The predicted octanol–water partition coefficient (Wildman–Crippen LogP) is 3.86. The summed E-state index contributed by atoms with van der Waals surface area (Å²) in [5, 5.41) is 12.7. The molecule has 0 aromatic rings. The first-order valence-corrected chi connectivity index (χ1v) is 10.3. The first-order valence-electron chi connectivity index (χ1n) is 10.3. The Hall–Kier alpha value is -1.77. The van der Waals surface area contributed by atoms with E-state index in [0.717, 1.165) is 25.7 Å². The molecule has 0 radical (unpaired) electrons. The molecule has 1 saturated carbocycles. The zero-order valence-electron chi connectivity index (χ0n) is 17.5. The fourth-order valence-electron chi connectivity index (χ4n) is 4.05. The van der Waals surface area contributed by atoms with Gasteiger partial charge >= 0.3 is 6.09 Å². The number of ether oxygens (including phenoxy) is 1. The van der Waals surface area contributed by atoms with Crippen LogP contribution in [-0.4, -0.2) is 41.1 Å². The van der Waals surface area contributed by atoms with Gasteiger partial charge in [0.15, 0.2) is 0 Å². The summed E-state index contributed by atoms with van der Waals surface area (Å²) < 4.78 is 5.40. The van der Waals surface area contributed by atoms with E-state index in [2.05, 4.69) is 25.2 Å². The molecule has 1 aliphatic heterocycles. The van der Waals surface area contributed by atoms with Crippen molar-refractivity contribution in [3.8, 4) is 6.07 Å². The summed E-state index contributed by atoms with van der Waals surface area (Å²) in [4.78, 5) is 26.6. The molecule has 0 atom stereocenters. The molecule has 1 heterocycles. The smallest absolute Gasteiger partial charge is 0.410 e. The minimum Gasteiger partial charge on any atom is -0.444 e. The molecule has 2 aliphatic rings. The van der Waals surface area contributed by atoms with Crippen LogP contribution < -0.4 is 5.32 Å². The molecule has 2 amide bonds. The minimum absolute atomic E-state index is 0.00414. The first-order chi connectivity index (χ1) is 12.6. The third-order valence-electron chi connectivity index (χ3n) is 5.93. The Morgan fingerprint density at radius 3 is 2.15 bits per heavy atom. The summed E-state index contributed by atoms with van der Waals surface area (Å²) in [5.74, 6) is 1.38. The Morgan fingerprint density at radius 2 is 1.70 bits per heavy atom. The number of nitrogens with one attached hydrogen (secondary N) is 1. The van der Waals surface area contributed by atoms with Gasteiger partial charge in [-0.15, -0.1) is 0 Å². The second kappa shape index (κ2) is 8.50. The maximum Gasteiger partial charge on any atom is 0.410 e. The van der Waals surface area contributed by atoms with Crippen LogP contribution in [0.1, 0.15) is 73.1 Å². The van der Waals surface area contributed by atoms with Crippen LogP contribution in [-0.2, 0) is 9.53 Å². The lowest BCUT2D eigenvalue weighted by Gasteiger charge is -2.39. The molecule has 2 rings (SSSR count). The fourth-order valence-corrected chi connectivity index (χ4v) is 4.05. The summed E-state index contributed by atoms with van der Waals surface area (Å²) in [6, 6.07) is 2.31. The zero-order valence-corrected chi connectivity index (χ0v) is 17.5. The Labute approximate surface area is 163 Å². The number of nitrogens with zero attached hydrogens (tertiary/aromatic N) is 2. The highest BCUT2D eigenvalue weighted by molar-refractivity contribution is 5.80. The van der Waals surface area contributed by atoms with Crippen molar-refractivity contribution >= 4 is 12.0 Å². The predicted molar refractivity (Wildman–Crippen MR) is 104 cm³/mol. The van der Waals surface area contributed by atoms with E-state index in [1.54, 1.807) is 4.90 Å². The Kier molecular flexibility index (Phi) is 6.77. The second-order valence-electron chi connectivity index (χ2n) is 9.51. The Bertz CT molecular complexity index is 572. The number of carbonyl (C=O) groups is 2. The summed E-state index contributed by atoms with van der Waals surface area (Å²) >= 11 is 0. The van der Waals surface area contributed by atoms with E-state index in [-0.39, 0.29) is 17.9 Å². The molecule has 1 N–H and O–H groups in total. The molecule has 2 fully saturated rings. The van der Waals surface area contributed by atoms with Crippen molar-refractivity contribution in [3.63, 3.8) is 0 Å². The number of nitriles is 1. The molecule has 6 heteroatoms. The van der Waals surface area contributed by atoms with Crippen LogP contribution >= 0.6 is 0 Å². The standard InChI is InChI=1S/C21H35N3O3/c1-15(2)16-6-8-17(9-7-16)18(25)23-21(14-22)10-12-24(13-11-21)19(26)27-20(3,4)5/h15-17H,6-13H2,1-5H3,(H,23,25). The van der Waals surface area contributed by atoms with Crippen LogP contribution in [0.25, 0.3) is 0 Å². The molecule has 1 saturated heterocycles. The number of amides is 2. The van der Waals surface area contributed by atoms with Crippen LogP contribution in [0.2, 0.25) is 0 Å². The van der Waals surface area contributed by atoms with Crippen molar-refractivity contribution in [1.29, 1.82) is 5.26 Å². The lowest BCUT2D eigenvalue weighted by Crippen LogP contribution is -2.57. The van der Waals surface area contributed by atoms with Crippen molar-refractivity contribution in [2.75, 3.05) is 13.1 Å². The number of hydrogen-bond donors (Lipinski definition) is 1. The summed E-state index contributed by atoms with van der Waals surface area (Å²) in [5.41, 5.74) is -1.41. The molecule has 0 aromatic carbocycles. The summed E-state index contributed by atoms with van der Waals surface area (Å²) in [7, 11) is 0. The van der Waals surface area contributed by atoms with Gasteiger partial charge in [0.1, 0.15) is 11.1 Å². The summed E-state index contributed by atoms with van der Waals surface area (Å²) in [6.45, 7) is 10.8. The van der Waals surface area contributed by atoms with E-state index < -0.39 is 11.1 Å². The van der Waals surface area contributed by atoms with E-state index in [0.29, 0.717) is 37.8 Å². The van der Waals surface area contributed by atoms with Crippen molar-refractivity contribution in [2.45, 2.75) is 84.3 Å². The van der Waals surface area contributed by atoms with Gasteiger partial charge in [0.25, 0.3) is 0 Å². The molecule has 1 aliphatic carbocycles. The third kappa shape index (κ3) is 5.85. The van der Waals surface area contributed by atoms with Crippen LogP contribution in [0.5, 0.6) is 0 Å². The number of piperidine rings is 1. The molecule has 0 unspecified atom stereocenters. The minimum atomic E-state index is -0.871. The van der Waals surface area contributed by atoms with Crippen molar-refractivity contribution < 1.29 is 14.3 Å². The largest absolute Gasteiger partial charge is 0.444 e. The average molecular weight is 378 g/mol. The number of likely N-dealkylation sites (tertiary alicyclic amines) is 1. The second-order valence-corrected chi connectivity index (χ2v) is 9.51. The van der Waals surface area contributed by atoms with E-state index >= 15 is 0 Å². The normalized spacial score (nSPS) is 25.6. The lowest BCUT2D eigenvalue weighted by molar-refractivity contribution is -0.128. The van der Waals surface area contributed by atoms with Gasteiger partial charge < -0.3 is 15.0 Å². The van der Waals surface area contributed by atoms with E-state index in [1.165, 1.54) is 0 Å². The van der Waals surface area contributed by atoms with Crippen LogP contribution in [0.4, 0.5) is 4.79 Å². The first kappa shape index (κ1) is 21.5. The Morgan fingerprint density at radius 1 is 1.15 bits per heavy atom. The van der Waals surface area contributed by atoms with Crippen LogP contribution in [0.15, 0.2) is 0 Å². The molecular formula is C21H35N3O3. The highest BCUT2D eigenvalue weighted by Gasteiger charge is 2.40. The van der Waals surface area contributed by atoms with E-state index in [1.807, 2.05) is 20.8 Å². The van der Waals surface area contributed by atoms with E-state index in [4.69, 9.17) is 4.74 Å². The van der Waals surface area contributed by atoms with Crippen molar-refractivity contribution in [3.05, 3.63) is 0 Å². The van der Waals surface area contributed by atoms with Gasteiger partial charge in [-0.2, -0.15) is 5.26 Å². The zero-order chi connectivity index (χ0) is 20.2. The molecule has 0 bridgehead atoms. The average Bonchev–Trinajstić information content (AvgIpc) is 2.60. The van der Waals surface area contributed by atoms with Crippen molar-refractivity contribution in [2.24, 2.45) is 17.8 Å². The maximum absolute atomic E-state index is 12.7. The van der Waals surface area contributed by atoms with Crippen LogP contribution in [0.3, 0.4) is 0 Å². The maximum atomic E-state index is 12.7. The molecule has 152 valence electrons. The van der Waals surface area contributed by atoms with Gasteiger partial charge in [0.2, 0.25) is 5.91 Å². The van der Waals surface area contributed by atoms with Crippen molar-refractivity contribution in [1.82, 2.24) is 10.2 Å². The van der Waals surface area contributed by atoms with Gasteiger partial charge in [-0.3, -0.25) is 4.79 Å². The molecular weight excluding hydrogens is 342 g/mol. The molecule has 0 spiro atoms.